The fourth-order valence-corrected chi connectivity index (χ4v) is 2.95. The molecule has 15 heavy (non-hydrogen) atoms. The zero-order valence-electron chi connectivity index (χ0n) is 8.94. The SMILES string of the molecule is CN(c1nc(C2CC2)c(CO)s1)C1CC1. The standard InChI is InChI=1S/C11H16N2OS/c1-13(8-4-5-8)11-12-10(7-2-3-7)9(6-14)15-11/h7-8,14H,2-6H2,1H3. The van der Waals surface area contributed by atoms with Crippen LogP contribution in [0.5, 0.6) is 0 Å². The Labute approximate surface area is 93.8 Å². The van der Waals surface area contributed by atoms with Crippen molar-refractivity contribution in [2.45, 2.75) is 44.2 Å². The lowest BCUT2D eigenvalue weighted by Gasteiger charge is -2.13. The molecule has 2 aliphatic rings. The summed E-state index contributed by atoms with van der Waals surface area (Å²) in [7, 11) is 2.12. The zero-order valence-corrected chi connectivity index (χ0v) is 9.76. The third kappa shape index (κ3) is 1.76. The number of aromatic nitrogens is 1. The van der Waals surface area contributed by atoms with Crippen LogP contribution in [-0.2, 0) is 6.61 Å². The Morgan fingerprint density at radius 2 is 2.13 bits per heavy atom. The molecule has 4 heteroatoms. The predicted molar refractivity (Wildman–Crippen MR) is 61.4 cm³/mol. The van der Waals surface area contributed by atoms with E-state index in [0.29, 0.717) is 12.0 Å². The molecule has 1 heterocycles. The molecular formula is C11H16N2OS. The fourth-order valence-electron chi connectivity index (χ4n) is 1.91. The number of aliphatic hydroxyl groups is 1. The Morgan fingerprint density at radius 1 is 1.40 bits per heavy atom. The largest absolute Gasteiger partial charge is 0.391 e. The monoisotopic (exact) mass is 224 g/mol. The van der Waals surface area contributed by atoms with E-state index in [1.807, 2.05) is 0 Å². The van der Waals surface area contributed by atoms with Gasteiger partial charge in [-0.25, -0.2) is 4.98 Å². The normalized spacial score (nSPS) is 20.7. The summed E-state index contributed by atoms with van der Waals surface area (Å²) in [6, 6.07) is 0.703. The van der Waals surface area contributed by atoms with E-state index in [2.05, 4.69) is 16.9 Å². The highest BCUT2D eigenvalue weighted by Gasteiger charge is 2.32. The zero-order chi connectivity index (χ0) is 10.4. The quantitative estimate of drug-likeness (QED) is 0.851. The lowest BCUT2D eigenvalue weighted by atomic mass is 10.2. The second kappa shape index (κ2) is 3.46. The van der Waals surface area contributed by atoms with Gasteiger partial charge in [0.15, 0.2) is 5.13 Å². The van der Waals surface area contributed by atoms with E-state index in [0.717, 1.165) is 10.0 Å². The smallest absolute Gasteiger partial charge is 0.185 e. The molecule has 0 aromatic carbocycles. The summed E-state index contributed by atoms with van der Waals surface area (Å²) < 4.78 is 0. The van der Waals surface area contributed by atoms with Gasteiger partial charge in [-0.3, -0.25) is 0 Å². The topological polar surface area (TPSA) is 36.4 Å². The van der Waals surface area contributed by atoms with E-state index < -0.39 is 0 Å². The number of thiazole rings is 1. The second-order valence-electron chi connectivity index (χ2n) is 4.58. The number of nitrogens with zero attached hydrogens (tertiary/aromatic N) is 2. The molecular weight excluding hydrogens is 208 g/mol. The summed E-state index contributed by atoms with van der Waals surface area (Å²) in [5.41, 5.74) is 1.17. The van der Waals surface area contributed by atoms with Gasteiger partial charge in [0.2, 0.25) is 0 Å². The van der Waals surface area contributed by atoms with E-state index in [9.17, 15) is 5.11 Å². The van der Waals surface area contributed by atoms with Crippen molar-refractivity contribution in [2.75, 3.05) is 11.9 Å². The van der Waals surface area contributed by atoms with Crippen LogP contribution < -0.4 is 4.90 Å². The molecule has 0 unspecified atom stereocenters. The maximum absolute atomic E-state index is 9.30. The number of rotatable bonds is 4. The third-order valence-electron chi connectivity index (χ3n) is 3.22. The first kappa shape index (κ1) is 9.60. The minimum atomic E-state index is 0.155. The lowest BCUT2D eigenvalue weighted by molar-refractivity contribution is 0.284. The predicted octanol–water partition coefficient (Wildman–Crippen LogP) is 2.11. The van der Waals surface area contributed by atoms with Crippen molar-refractivity contribution >= 4 is 16.5 Å². The van der Waals surface area contributed by atoms with Crippen molar-refractivity contribution < 1.29 is 5.11 Å². The highest BCUT2D eigenvalue weighted by Crippen LogP contribution is 2.45. The van der Waals surface area contributed by atoms with E-state index in [-0.39, 0.29) is 6.61 Å². The van der Waals surface area contributed by atoms with Gasteiger partial charge in [-0.15, -0.1) is 0 Å². The van der Waals surface area contributed by atoms with Crippen LogP contribution in [0.1, 0.15) is 42.2 Å². The molecule has 3 rings (SSSR count). The molecule has 2 aliphatic carbocycles. The number of aliphatic hydroxyl groups excluding tert-OH is 1. The minimum absolute atomic E-state index is 0.155. The highest BCUT2D eigenvalue weighted by atomic mass is 32.1. The Morgan fingerprint density at radius 3 is 2.67 bits per heavy atom. The average molecular weight is 224 g/mol. The van der Waals surface area contributed by atoms with Crippen LogP contribution in [0.2, 0.25) is 0 Å². The Bertz CT molecular complexity index is 369. The summed E-state index contributed by atoms with van der Waals surface area (Å²) >= 11 is 1.67. The van der Waals surface area contributed by atoms with Crippen LogP contribution in [0.3, 0.4) is 0 Å². The molecule has 3 nitrogen and oxygen atoms in total. The molecule has 0 aliphatic heterocycles. The Hall–Kier alpha value is -0.610. The molecule has 1 N–H and O–H groups in total. The van der Waals surface area contributed by atoms with Crippen LogP contribution in [0.25, 0.3) is 0 Å². The molecule has 1 aromatic heterocycles. The molecule has 82 valence electrons. The first-order valence-corrected chi connectivity index (χ1v) is 6.44. The van der Waals surface area contributed by atoms with Gasteiger partial charge in [0.1, 0.15) is 0 Å². The van der Waals surface area contributed by atoms with Gasteiger partial charge in [-0.1, -0.05) is 11.3 Å². The van der Waals surface area contributed by atoms with Gasteiger partial charge in [-0.05, 0) is 25.7 Å². The van der Waals surface area contributed by atoms with E-state index in [4.69, 9.17) is 0 Å². The molecule has 0 spiro atoms. The Kier molecular flexibility index (Phi) is 2.21. The minimum Gasteiger partial charge on any atom is -0.391 e. The second-order valence-corrected chi connectivity index (χ2v) is 5.64. The van der Waals surface area contributed by atoms with E-state index >= 15 is 0 Å². The van der Waals surface area contributed by atoms with Gasteiger partial charge < -0.3 is 10.0 Å². The number of anilines is 1. The maximum Gasteiger partial charge on any atom is 0.185 e. The molecule has 1 aromatic rings. The van der Waals surface area contributed by atoms with Gasteiger partial charge in [-0.2, -0.15) is 0 Å². The van der Waals surface area contributed by atoms with Crippen LogP contribution in [0.4, 0.5) is 5.13 Å². The van der Waals surface area contributed by atoms with E-state index in [1.165, 1.54) is 31.4 Å². The highest BCUT2D eigenvalue weighted by molar-refractivity contribution is 7.15. The Balaban J connectivity index is 1.87. The van der Waals surface area contributed by atoms with Crippen molar-refractivity contribution in [3.05, 3.63) is 10.6 Å². The summed E-state index contributed by atoms with van der Waals surface area (Å²) in [6.07, 6.45) is 5.10. The number of hydrogen-bond donors (Lipinski definition) is 1. The third-order valence-corrected chi connectivity index (χ3v) is 4.37. The first-order chi connectivity index (χ1) is 7.29. The van der Waals surface area contributed by atoms with Crippen LogP contribution in [0.15, 0.2) is 0 Å². The van der Waals surface area contributed by atoms with Gasteiger partial charge in [0, 0.05) is 19.0 Å². The first-order valence-electron chi connectivity index (χ1n) is 5.63. The fraction of sp³-hybridized carbons (Fsp3) is 0.727. The summed E-state index contributed by atoms with van der Waals surface area (Å²) in [5.74, 6) is 0.643. The molecule has 2 saturated carbocycles. The molecule has 0 radical (unpaired) electrons. The molecule has 0 saturated heterocycles. The van der Waals surface area contributed by atoms with Crippen molar-refractivity contribution in [1.82, 2.24) is 4.98 Å². The van der Waals surface area contributed by atoms with Crippen LogP contribution in [-0.4, -0.2) is 23.2 Å². The van der Waals surface area contributed by atoms with Crippen molar-refractivity contribution in [3.8, 4) is 0 Å². The summed E-state index contributed by atoms with van der Waals surface area (Å²) in [6.45, 7) is 0.155. The van der Waals surface area contributed by atoms with Gasteiger partial charge >= 0.3 is 0 Å². The average Bonchev–Trinajstić information content (AvgIpc) is 3.12. The lowest BCUT2D eigenvalue weighted by Crippen LogP contribution is -2.18. The van der Waals surface area contributed by atoms with Gasteiger partial charge in [0.05, 0.1) is 17.2 Å². The van der Waals surface area contributed by atoms with Crippen molar-refractivity contribution in [2.24, 2.45) is 0 Å². The van der Waals surface area contributed by atoms with Crippen molar-refractivity contribution in [3.63, 3.8) is 0 Å². The van der Waals surface area contributed by atoms with Crippen molar-refractivity contribution in [1.29, 1.82) is 0 Å². The molecule has 2 fully saturated rings. The molecule has 0 atom stereocenters. The molecule has 0 bridgehead atoms. The van der Waals surface area contributed by atoms with Gasteiger partial charge in [0.25, 0.3) is 0 Å². The number of hydrogen-bond acceptors (Lipinski definition) is 4. The molecule has 0 amide bonds. The summed E-state index contributed by atoms with van der Waals surface area (Å²) in [5, 5.41) is 10.4. The van der Waals surface area contributed by atoms with E-state index in [1.54, 1.807) is 11.3 Å². The van der Waals surface area contributed by atoms with Crippen LogP contribution >= 0.6 is 11.3 Å². The summed E-state index contributed by atoms with van der Waals surface area (Å²) in [4.78, 5) is 8.05. The van der Waals surface area contributed by atoms with Crippen LogP contribution in [0, 0.1) is 0 Å². The maximum atomic E-state index is 9.30.